The Balaban J connectivity index is 1.45. The molecule has 0 aromatic rings. The van der Waals surface area contributed by atoms with Gasteiger partial charge in [-0.15, -0.1) is 0 Å². The zero-order valence-corrected chi connectivity index (χ0v) is 18.4. The molecule has 7 atom stereocenters. The Morgan fingerprint density at radius 3 is 2.38 bits per heavy atom. The Morgan fingerprint density at radius 2 is 1.66 bits per heavy atom. The minimum absolute atomic E-state index is 0.000358. The Morgan fingerprint density at radius 1 is 0.966 bits per heavy atom. The van der Waals surface area contributed by atoms with Crippen molar-refractivity contribution in [1.29, 1.82) is 0 Å². The van der Waals surface area contributed by atoms with E-state index in [1.54, 1.807) is 0 Å². The summed E-state index contributed by atoms with van der Waals surface area (Å²) < 4.78 is 17.9. The third kappa shape index (κ3) is 2.71. The van der Waals surface area contributed by atoms with Gasteiger partial charge in [0.2, 0.25) is 5.79 Å². The van der Waals surface area contributed by atoms with Crippen LogP contribution in [0.4, 0.5) is 0 Å². The molecule has 5 rings (SSSR count). The lowest BCUT2D eigenvalue weighted by Crippen LogP contribution is -2.56. The normalized spacial score (nSPS) is 47.3. The number of allylic oxidation sites excluding steroid dienone is 2. The minimum atomic E-state index is -0.620. The fourth-order valence-electron chi connectivity index (χ4n) is 7.89. The topological polar surface area (TPSA) is 61.8 Å². The number of ketones is 1. The highest BCUT2D eigenvalue weighted by molar-refractivity contribution is 5.84. The lowest BCUT2D eigenvalue weighted by molar-refractivity contribution is -0.165. The number of fused-ring (bicyclic) bond motifs is 5. The van der Waals surface area contributed by atoms with Gasteiger partial charge < -0.3 is 14.2 Å². The Kier molecular flexibility index (Phi) is 4.03. The van der Waals surface area contributed by atoms with Gasteiger partial charge in [0.05, 0.1) is 0 Å². The molecule has 1 heterocycles. The van der Waals surface area contributed by atoms with Gasteiger partial charge in [0, 0.05) is 51.4 Å². The van der Waals surface area contributed by atoms with Crippen molar-refractivity contribution >= 4 is 11.8 Å². The molecule has 3 saturated carbocycles. The third-order valence-electron chi connectivity index (χ3n) is 9.11. The summed E-state index contributed by atoms with van der Waals surface area (Å²) in [6.45, 7) is 10.0. The van der Waals surface area contributed by atoms with Crippen molar-refractivity contribution in [1.82, 2.24) is 0 Å². The van der Waals surface area contributed by atoms with Crippen molar-refractivity contribution < 1.29 is 23.8 Å². The third-order valence-corrected chi connectivity index (χ3v) is 9.11. The average Bonchev–Trinajstić information content (AvgIpc) is 3.08. The van der Waals surface area contributed by atoms with Crippen LogP contribution in [-0.4, -0.2) is 23.6 Å². The lowest BCUT2D eigenvalue weighted by Gasteiger charge is -2.58. The molecule has 0 aromatic heterocycles. The maximum Gasteiger partial charge on any atom is 0.302 e. The maximum absolute atomic E-state index is 13.4. The molecule has 0 amide bonds. The summed E-state index contributed by atoms with van der Waals surface area (Å²) in [6.07, 6.45) is 6.33. The van der Waals surface area contributed by atoms with E-state index in [1.807, 2.05) is 13.8 Å². The molecular formula is C24H34O5. The van der Waals surface area contributed by atoms with Crippen LogP contribution in [0.2, 0.25) is 0 Å². The van der Waals surface area contributed by atoms with E-state index in [2.05, 4.69) is 13.8 Å². The number of Topliss-reactive ketones (excluding diaryl/α,β-unsaturated/α-hetero) is 1. The summed E-state index contributed by atoms with van der Waals surface area (Å²) in [6, 6.07) is 0. The first-order chi connectivity index (χ1) is 13.5. The lowest BCUT2D eigenvalue weighted by atomic mass is 9.45. The van der Waals surface area contributed by atoms with Crippen LogP contribution >= 0.6 is 0 Å². The Labute approximate surface area is 173 Å². The van der Waals surface area contributed by atoms with Gasteiger partial charge in [-0.2, -0.15) is 0 Å². The van der Waals surface area contributed by atoms with Crippen molar-refractivity contribution in [2.45, 2.75) is 91.5 Å². The van der Waals surface area contributed by atoms with E-state index in [1.165, 1.54) is 6.92 Å². The molecule has 0 unspecified atom stereocenters. The van der Waals surface area contributed by atoms with Crippen molar-refractivity contribution in [3.8, 4) is 0 Å². The molecule has 0 bridgehead atoms. The second-order valence-corrected chi connectivity index (χ2v) is 11.2. The zero-order valence-electron chi connectivity index (χ0n) is 18.4. The molecular weight excluding hydrogens is 368 g/mol. The van der Waals surface area contributed by atoms with Crippen LogP contribution in [0.15, 0.2) is 11.5 Å². The van der Waals surface area contributed by atoms with Crippen molar-refractivity contribution in [2.75, 3.05) is 0 Å². The van der Waals surface area contributed by atoms with E-state index in [4.69, 9.17) is 14.2 Å². The summed E-state index contributed by atoms with van der Waals surface area (Å²) in [5.74, 6) is 2.87. The molecule has 3 fully saturated rings. The van der Waals surface area contributed by atoms with Crippen LogP contribution in [0.1, 0.15) is 79.6 Å². The monoisotopic (exact) mass is 402 g/mol. The van der Waals surface area contributed by atoms with Crippen molar-refractivity contribution in [3.63, 3.8) is 0 Å². The molecule has 160 valence electrons. The fraction of sp³-hybridized carbons (Fsp3) is 0.833. The van der Waals surface area contributed by atoms with E-state index < -0.39 is 5.79 Å². The SMILES string of the molecule is CC(=O)O[C@H]1CC[C@H]2[C@@H]3CC(=O)[C@H]4CC5=C(C[C@]4(C)[C@H]3CC[C@]12C)OC(C)(C)O5. The Bertz CT molecular complexity index is 797. The van der Waals surface area contributed by atoms with Gasteiger partial charge in [-0.3, -0.25) is 9.59 Å². The van der Waals surface area contributed by atoms with Crippen LogP contribution in [0.5, 0.6) is 0 Å². The summed E-state index contributed by atoms with van der Waals surface area (Å²) in [5, 5.41) is 0. The summed E-state index contributed by atoms with van der Waals surface area (Å²) in [4.78, 5) is 25.0. The number of hydrogen-bond donors (Lipinski definition) is 0. The first-order valence-corrected chi connectivity index (χ1v) is 11.3. The van der Waals surface area contributed by atoms with E-state index in [9.17, 15) is 9.59 Å². The van der Waals surface area contributed by atoms with E-state index in [0.717, 1.165) is 43.6 Å². The number of carbonyl (C=O) groups is 2. The van der Waals surface area contributed by atoms with Crippen LogP contribution in [-0.2, 0) is 23.8 Å². The smallest absolute Gasteiger partial charge is 0.302 e. The molecule has 0 aromatic carbocycles. The second kappa shape index (κ2) is 6.01. The number of rotatable bonds is 1. The highest BCUT2D eigenvalue weighted by Crippen LogP contribution is 2.67. The number of ether oxygens (including phenoxy) is 3. The first kappa shape index (κ1) is 19.4. The molecule has 0 radical (unpaired) electrons. The molecule has 5 nitrogen and oxygen atoms in total. The summed E-state index contributed by atoms with van der Waals surface area (Å²) in [7, 11) is 0. The van der Waals surface area contributed by atoms with Gasteiger partial charge >= 0.3 is 5.97 Å². The molecule has 0 N–H and O–H groups in total. The molecule has 29 heavy (non-hydrogen) atoms. The van der Waals surface area contributed by atoms with Crippen molar-refractivity contribution in [3.05, 3.63) is 11.5 Å². The first-order valence-electron chi connectivity index (χ1n) is 11.3. The van der Waals surface area contributed by atoms with Gasteiger partial charge in [0.25, 0.3) is 0 Å². The van der Waals surface area contributed by atoms with Gasteiger partial charge in [-0.25, -0.2) is 0 Å². The largest absolute Gasteiger partial charge is 0.462 e. The number of carbonyl (C=O) groups excluding carboxylic acids is 2. The number of esters is 1. The molecule has 5 aliphatic rings. The average molecular weight is 403 g/mol. The van der Waals surface area contributed by atoms with E-state index >= 15 is 0 Å². The van der Waals surface area contributed by atoms with Crippen LogP contribution in [0, 0.1) is 34.5 Å². The van der Waals surface area contributed by atoms with Crippen molar-refractivity contribution in [2.24, 2.45) is 34.5 Å². The van der Waals surface area contributed by atoms with Gasteiger partial charge in [-0.1, -0.05) is 13.8 Å². The molecule has 0 saturated heterocycles. The standard InChI is InChI=1S/C24H34O5/c1-13(25)27-21-7-6-15-14-10-18(26)17-11-19-20(29-22(2,3)28-19)12-24(17,5)16(14)8-9-23(15,21)4/h14-17,21H,6-12H2,1-5H3/t14-,15-,16-,17+,21-,23-,24+/m0/s1. The number of hydrogen-bond acceptors (Lipinski definition) is 5. The minimum Gasteiger partial charge on any atom is -0.462 e. The summed E-state index contributed by atoms with van der Waals surface area (Å²) in [5.41, 5.74) is -0.0617. The quantitative estimate of drug-likeness (QED) is 0.593. The van der Waals surface area contributed by atoms with Crippen LogP contribution in [0.3, 0.4) is 0 Å². The van der Waals surface area contributed by atoms with E-state index in [0.29, 0.717) is 36.4 Å². The highest BCUT2D eigenvalue weighted by atomic mass is 16.7. The maximum atomic E-state index is 13.4. The van der Waals surface area contributed by atoms with Gasteiger partial charge in [0.15, 0.2) is 0 Å². The fourth-order valence-corrected chi connectivity index (χ4v) is 7.89. The molecule has 0 spiro atoms. The van der Waals surface area contributed by atoms with Crippen LogP contribution < -0.4 is 0 Å². The van der Waals surface area contributed by atoms with Crippen LogP contribution in [0.25, 0.3) is 0 Å². The molecule has 4 aliphatic carbocycles. The van der Waals surface area contributed by atoms with Gasteiger partial charge in [-0.05, 0) is 48.9 Å². The molecule has 1 aliphatic heterocycles. The molecule has 5 heteroatoms. The predicted molar refractivity (Wildman–Crippen MR) is 106 cm³/mol. The zero-order chi connectivity index (χ0) is 20.8. The second-order valence-electron chi connectivity index (χ2n) is 11.2. The van der Waals surface area contributed by atoms with Gasteiger partial charge in [0.1, 0.15) is 23.4 Å². The summed E-state index contributed by atoms with van der Waals surface area (Å²) >= 11 is 0. The highest BCUT2D eigenvalue weighted by Gasteiger charge is 2.64. The Hall–Kier alpha value is -1.52. The predicted octanol–water partition coefficient (Wildman–Crippen LogP) is 4.74. The van der Waals surface area contributed by atoms with E-state index in [-0.39, 0.29) is 28.8 Å².